The summed E-state index contributed by atoms with van der Waals surface area (Å²) in [5, 5.41) is 0. The molecule has 0 unspecified atom stereocenters. The number of thiol groups is 1. The van der Waals surface area contributed by atoms with Gasteiger partial charge in [-0.2, -0.15) is 12.6 Å². The quantitative estimate of drug-likeness (QED) is 0.609. The molecule has 0 aromatic heterocycles. The highest BCUT2D eigenvalue weighted by molar-refractivity contribution is 7.79. The molecule has 0 bridgehead atoms. The molecule has 1 aromatic carbocycles. The van der Waals surface area contributed by atoms with Gasteiger partial charge in [-0.3, -0.25) is 4.79 Å². The zero-order valence-electron chi connectivity index (χ0n) is 8.19. The maximum Gasteiger partial charge on any atom is 0.310 e. The number of hydrogen-bond donors (Lipinski definition) is 1. The van der Waals surface area contributed by atoms with Crippen LogP contribution in [0, 0.1) is 0 Å². The van der Waals surface area contributed by atoms with Crippen LogP contribution in [-0.4, -0.2) is 12.6 Å². The van der Waals surface area contributed by atoms with E-state index in [0.717, 1.165) is 11.1 Å². The van der Waals surface area contributed by atoms with Crippen molar-refractivity contribution in [1.82, 2.24) is 0 Å². The van der Waals surface area contributed by atoms with Crippen LogP contribution in [0.25, 0.3) is 0 Å². The van der Waals surface area contributed by atoms with Crippen LogP contribution < -0.4 is 0 Å². The molecular weight excluding hydrogens is 196 g/mol. The van der Waals surface area contributed by atoms with Gasteiger partial charge in [-0.15, -0.1) is 0 Å². The molecule has 0 spiro atoms. The Hall–Kier alpha value is -0.960. The molecule has 2 nitrogen and oxygen atoms in total. The molecule has 3 heteroatoms. The van der Waals surface area contributed by atoms with E-state index in [2.05, 4.69) is 12.6 Å². The van der Waals surface area contributed by atoms with Gasteiger partial charge in [-0.25, -0.2) is 0 Å². The van der Waals surface area contributed by atoms with Crippen LogP contribution in [0.3, 0.4) is 0 Å². The molecule has 14 heavy (non-hydrogen) atoms. The molecule has 1 rings (SSSR count). The Bertz CT molecular complexity index is 310. The highest BCUT2D eigenvalue weighted by atomic mass is 32.1. The number of benzene rings is 1. The van der Waals surface area contributed by atoms with E-state index in [1.54, 1.807) is 0 Å². The minimum atomic E-state index is -0.177. The smallest absolute Gasteiger partial charge is 0.310 e. The van der Waals surface area contributed by atoms with Crippen molar-refractivity contribution in [3.63, 3.8) is 0 Å². The number of hydrogen-bond acceptors (Lipinski definition) is 3. The summed E-state index contributed by atoms with van der Waals surface area (Å²) in [6.45, 7) is 2.24. The number of ether oxygens (including phenoxy) is 1. The van der Waals surface area contributed by atoms with Crippen molar-refractivity contribution in [2.45, 2.75) is 19.1 Å². The predicted octanol–water partition coefficient (Wildman–Crippen LogP) is 2.22. The van der Waals surface area contributed by atoms with Gasteiger partial charge >= 0.3 is 5.97 Å². The Kier molecular flexibility index (Phi) is 4.53. The molecule has 0 aliphatic heterocycles. The molecule has 0 saturated carbocycles. The summed E-state index contributed by atoms with van der Waals surface area (Å²) >= 11 is 4.17. The maximum absolute atomic E-state index is 11.2. The van der Waals surface area contributed by atoms with Gasteiger partial charge in [0.1, 0.15) is 0 Å². The molecule has 0 N–H and O–H groups in total. The van der Waals surface area contributed by atoms with Crippen LogP contribution in [0.4, 0.5) is 0 Å². The minimum absolute atomic E-state index is 0.177. The Morgan fingerprint density at radius 1 is 1.43 bits per heavy atom. The topological polar surface area (TPSA) is 26.3 Å². The summed E-state index contributed by atoms with van der Waals surface area (Å²) in [4.78, 5) is 11.2. The number of carbonyl (C=O) groups excluding carboxylic acids is 1. The van der Waals surface area contributed by atoms with Gasteiger partial charge in [0, 0.05) is 5.75 Å². The second-order valence-corrected chi connectivity index (χ2v) is 3.28. The van der Waals surface area contributed by atoms with Gasteiger partial charge < -0.3 is 4.74 Å². The maximum atomic E-state index is 11.2. The lowest BCUT2D eigenvalue weighted by molar-refractivity contribution is -0.142. The largest absolute Gasteiger partial charge is 0.466 e. The molecular formula is C11H14O2S. The third-order valence-corrected chi connectivity index (χ3v) is 2.19. The fourth-order valence-corrected chi connectivity index (χ4v) is 1.41. The first-order valence-corrected chi connectivity index (χ1v) is 5.23. The Morgan fingerprint density at radius 2 is 2.14 bits per heavy atom. The molecule has 0 amide bonds. The first-order chi connectivity index (χ1) is 6.76. The number of rotatable bonds is 4. The third-order valence-electron chi connectivity index (χ3n) is 1.83. The molecule has 0 heterocycles. The fourth-order valence-electron chi connectivity index (χ4n) is 1.22. The van der Waals surface area contributed by atoms with Crippen LogP contribution in [0.5, 0.6) is 0 Å². The number of esters is 1. The van der Waals surface area contributed by atoms with Crippen LogP contribution in [-0.2, 0) is 21.7 Å². The van der Waals surface area contributed by atoms with Crippen molar-refractivity contribution in [1.29, 1.82) is 0 Å². The van der Waals surface area contributed by atoms with Crippen LogP contribution in [0.2, 0.25) is 0 Å². The monoisotopic (exact) mass is 210 g/mol. The summed E-state index contributed by atoms with van der Waals surface area (Å²) in [5.74, 6) is 0.514. The van der Waals surface area contributed by atoms with Gasteiger partial charge in [0.25, 0.3) is 0 Å². The third kappa shape index (κ3) is 3.42. The molecule has 0 aliphatic rings. The second kappa shape index (κ2) is 5.70. The minimum Gasteiger partial charge on any atom is -0.466 e. The first kappa shape index (κ1) is 11.1. The highest BCUT2D eigenvalue weighted by Crippen LogP contribution is 2.08. The lowest BCUT2D eigenvalue weighted by Gasteiger charge is -2.03. The first-order valence-electron chi connectivity index (χ1n) is 4.60. The zero-order valence-corrected chi connectivity index (χ0v) is 9.09. The SMILES string of the molecule is CCOC(=O)Cc1cccc(CS)c1. The Balaban J connectivity index is 2.62. The van der Waals surface area contributed by atoms with E-state index in [1.807, 2.05) is 31.2 Å². The zero-order chi connectivity index (χ0) is 10.4. The summed E-state index contributed by atoms with van der Waals surface area (Å²) in [5.41, 5.74) is 2.10. The second-order valence-electron chi connectivity index (χ2n) is 2.96. The molecule has 1 aromatic rings. The van der Waals surface area contributed by atoms with Crippen molar-refractivity contribution in [3.05, 3.63) is 35.4 Å². The van der Waals surface area contributed by atoms with E-state index in [9.17, 15) is 4.79 Å². The van der Waals surface area contributed by atoms with Crippen molar-refractivity contribution in [2.75, 3.05) is 6.61 Å². The molecule has 0 aliphatic carbocycles. The van der Waals surface area contributed by atoms with Gasteiger partial charge in [0.2, 0.25) is 0 Å². The Morgan fingerprint density at radius 3 is 2.79 bits per heavy atom. The summed E-state index contributed by atoms with van der Waals surface area (Å²) in [7, 11) is 0. The highest BCUT2D eigenvalue weighted by Gasteiger charge is 2.03. The number of carbonyl (C=O) groups is 1. The van der Waals surface area contributed by atoms with Crippen LogP contribution in [0.15, 0.2) is 24.3 Å². The normalized spacial score (nSPS) is 9.86. The summed E-state index contributed by atoms with van der Waals surface area (Å²) in [6.07, 6.45) is 0.343. The Labute approximate surface area is 89.7 Å². The van der Waals surface area contributed by atoms with Gasteiger partial charge in [0.15, 0.2) is 0 Å². The van der Waals surface area contributed by atoms with E-state index in [0.29, 0.717) is 18.8 Å². The van der Waals surface area contributed by atoms with E-state index in [4.69, 9.17) is 4.74 Å². The predicted molar refractivity (Wildman–Crippen MR) is 59.5 cm³/mol. The van der Waals surface area contributed by atoms with E-state index < -0.39 is 0 Å². The van der Waals surface area contributed by atoms with Crippen molar-refractivity contribution < 1.29 is 9.53 Å². The van der Waals surface area contributed by atoms with Crippen molar-refractivity contribution >= 4 is 18.6 Å². The van der Waals surface area contributed by atoms with Crippen LogP contribution in [0.1, 0.15) is 18.1 Å². The van der Waals surface area contributed by atoms with Crippen LogP contribution >= 0.6 is 12.6 Å². The average Bonchev–Trinajstić information content (AvgIpc) is 2.18. The fraction of sp³-hybridized carbons (Fsp3) is 0.364. The van der Waals surface area contributed by atoms with E-state index in [1.165, 1.54) is 0 Å². The van der Waals surface area contributed by atoms with Crippen molar-refractivity contribution in [2.24, 2.45) is 0 Å². The molecule has 0 fully saturated rings. The summed E-state index contributed by atoms with van der Waals surface area (Å²) < 4.78 is 4.86. The van der Waals surface area contributed by atoms with E-state index in [-0.39, 0.29) is 5.97 Å². The molecule has 0 saturated heterocycles. The van der Waals surface area contributed by atoms with Gasteiger partial charge in [-0.1, -0.05) is 24.3 Å². The van der Waals surface area contributed by atoms with E-state index >= 15 is 0 Å². The van der Waals surface area contributed by atoms with Crippen molar-refractivity contribution in [3.8, 4) is 0 Å². The molecule has 0 atom stereocenters. The van der Waals surface area contributed by atoms with Gasteiger partial charge in [0.05, 0.1) is 13.0 Å². The standard InChI is InChI=1S/C11H14O2S/c1-2-13-11(12)7-9-4-3-5-10(6-9)8-14/h3-6,14H,2,7-8H2,1H3. The van der Waals surface area contributed by atoms with Gasteiger partial charge in [-0.05, 0) is 18.1 Å². The molecule has 0 radical (unpaired) electrons. The summed E-state index contributed by atoms with van der Waals surface area (Å²) in [6, 6.07) is 7.82. The lowest BCUT2D eigenvalue weighted by Crippen LogP contribution is -2.07. The average molecular weight is 210 g/mol. The lowest BCUT2D eigenvalue weighted by atomic mass is 10.1. The molecule has 76 valence electrons.